The minimum atomic E-state index is -0.512. The van der Waals surface area contributed by atoms with E-state index >= 15 is 0 Å². The Balaban J connectivity index is 1.45. The van der Waals surface area contributed by atoms with E-state index in [1.165, 1.54) is 31.4 Å². The maximum absolute atomic E-state index is 13.4. The van der Waals surface area contributed by atoms with Gasteiger partial charge in [-0.15, -0.1) is 0 Å². The summed E-state index contributed by atoms with van der Waals surface area (Å²) in [5, 5.41) is 2.73. The van der Waals surface area contributed by atoms with E-state index in [4.69, 9.17) is 25.5 Å². The first-order valence-electron chi connectivity index (χ1n) is 10.5. The molecular weight excluding hydrogens is 463 g/mol. The Morgan fingerprint density at radius 3 is 2.65 bits per heavy atom. The second kappa shape index (κ2) is 10.5. The molecule has 3 aromatic rings. The molecule has 2 heterocycles. The van der Waals surface area contributed by atoms with Crippen molar-refractivity contribution in [1.29, 1.82) is 0 Å². The number of morpholine rings is 1. The van der Waals surface area contributed by atoms with Crippen LogP contribution in [0.25, 0.3) is 17.4 Å². The molecule has 0 radical (unpaired) electrons. The van der Waals surface area contributed by atoms with Crippen LogP contribution in [0.3, 0.4) is 0 Å². The Labute approximate surface area is 200 Å². The number of nitrogens with zero attached hydrogens (tertiary/aromatic N) is 1. The van der Waals surface area contributed by atoms with Gasteiger partial charge in [-0.25, -0.2) is 9.18 Å². The molecule has 0 saturated carbocycles. The molecule has 9 heteroatoms. The molecule has 34 heavy (non-hydrogen) atoms. The molecule has 4 rings (SSSR count). The van der Waals surface area contributed by atoms with Crippen molar-refractivity contribution in [2.24, 2.45) is 0 Å². The monoisotopic (exact) mass is 484 g/mol. The topological polar surface area (TPSA) is 81.0 Å². The molecule has 7 nitrogen and oxygen atoms in total. The van der Waals surface area contributed by atoms with Crippen LogP contribution in [0.15, 0.2) is 59.0 Å². The lowest BCUT2D eigenvalue weighted by molar-refractivity contribution is -0.111. The molecule has 1 aromatic heterocycles. The van der Waals surface area contributed by atoms with Crippen LogP contribution in [-0.2, 0) is 14.3 Å². The Morgan fingerprint density at radius 2 is 1.91 bits per heavy atom. The summed E-state index contributed by atoms with van der Waals surface area (Å²) < 4.78 is 29.3. The molecule has 176 valence electrons. The van der Waals surface area contributed by atoms with Crippen molar-refractivity contribution in [1.82, 2.24) is 0 Å². The van der Waals surface area contributed by atoms with E-state index in [-0.39, 0.29) is 5.02 Å². The standard InChI is InChI=1S/C25H22ClFN2O5/c1-32-25(31)19-15-17(3-7-22(19)29-10-12-33-13-11-29)28-24(30)9-5-18-4-8-23(34-18)16-2-6-21(27)20(26)14-16/h2-9,14-15H,10-13H2,1H3,(H,28,30)/b9-5+. The molecule has 1 amide bonds. The van der Waals surface area contributed by atoms with Gasteiger partial charge in [0.25, 0.3) is 0 Å². The molecular formula is C25H22ClFN2O5. The number of anilines is 2. The van der Waals surface area contributed by atoms with E-state index in [0.29, 0.717) is 54.6 Å². The largest absolute Gasteiger partial charge is 0.465 e. The predicted octanol–water partition coefficient (Wildman–Crippen LogP) is 5.01. The van der Waals surface area contributed by atoms with Gasteiger partial charge < -0.3 is 24.1 Å². The maximum Gasteiger partial charge on any atom is 0.340 e. The van der Waals surface area contributed by atoms with Gasteiger partial charge in [0.1, 0.15) is 17.3 Å². The first kappa shape index (κ1) is 23.5. The molecule has 1 N–H and O–H groups in total. The Kier molecular flexibility index (Phi) is 7.30. The number of carbonyl (C=O) groups excluding carboxylic acids is 2. The van der Waals surface area contributed by atoms with Crippen molar-refractivity contribution in [2.75, 3.05) is 43.6 Å². The summed E-state index contributed by atoms with van der Waals surface area (Å²) in [5.41, 5.74) is 2.16. The van der Waals surface area contributed by atoms with Crippen LogP contribution >= 0.6 is 11.6 Å². The number of methoxy groups -OCH3 is 1. The Morgan fingerprint density at radius 1 is 1.12 bits per heavy atom. The second-order valence-electron chi connectivity index (χ2n) is 7.48. The zero-order valence-electron chi connectivity index (χ0n) is 18.3. The SMILES string of the molecule is COC(=O)c1cc(NC(=O)/C=C/c2ccc(-c3ccc(F)c(Cl)c3)o2)ccc1N1CCOCC1. The summed E-state index contributed by atoms with van der Waals surface area (Å²) in [7, 11) is 1.32. The fourth-order valence-corrected chi connectivity index (χ4v) is 3.74. The smallest absolute Gasteiger partial charge is 0.340 e. The van der Waals surface area contributed by atoms with Gasteiger partial charge in [-0.05, 0) is 54.6 Å². The summed E-state index contributed by atoms with van der Waals surface area (Å²) in [6, 6.07) is 12.8. The van der Waals surface area contributed by atoms with E-state index < -0.39 is 17.7 Å². The molecule has 1 aliphatic rings. The number of hydrogen-bond donors (Lipinski definition) is 1. The third kappa shape index (κ3) is 5.47. The summed E-state index contributed by atoms with van der Waals surface area (Å²) in [6.45, 7) is 2.47. The molecule has 1 saturated heterocycles. The lowest BCUT2D eigenvalue weighted by Gasteiger charge is -2.30. The van der Waals surface area contributed by atoms with Crippen LogP contribution in [0.4, 0.5) is 15.8 Å². The highest BCUT2D eigenvalue weighted by Gasteiger charge is 2.20. The highest BCUT2D eigenvalue weighted by atomic mass is 35.5. The Bertz CT molecular complexity index is 1230. The van der Waals surface area contributed by atoms with E-state index in [2.05, 4.69) is 5.32 Å². The number of amides is 1. The van der Waals surface area contributed by atoms with Crippen molar-refractivity contribution >= 4 is 40.9 Å². The fourth-order valence-electron chi connectivity index (χ4n) is 3.56. The van der Waals surface area contributed by atoms with E-state index in [9.17, 15) is 14.0 Å². The van der Waals surface area contributed by atoms with Gasteiger partial charge in [-0.1, -0.05) is 11.6 Å². The molecule has 0 spiro atoms. The van der Waals surface area contributed by atoms with Crippen molar-refractivity contribution < 1.29 is 27.9 Å². The minimum Gasteiger partial charge on any atom is -0.465 e. The van der Waals surface area contributed by atoms with Gasteiger partial charge in [0, 0.05) is 30.4 Å². The van der Waals surface area contributed by atoms with Crippen LogP contribution in [0, 0.1) is 5.82 Å². The number of benzene rings is 2. The van der Waals surface area contributed by atoms with Gasteiger partial charge in [-0.2, -0.15) is 0 Å². The van der Waals surface area contributed by atoms with Gasteiger partial charge in [0.05, 0.1) is 36.6 Å². The lowest BCUT2D eigenvalue weighted by Crippen LogP contribution is -2.37. The van der Waals surface area contributed by atoms with Gasteiger partial charge in [0.15, 0.2) is 0 Å². The maximum atomic E-state index is 13.4. The number of rotatable bonds is 6. The molecule has 1 aliphatic heterocycles. The average molecular weight is 485 g/mol. The van der Waals surface area contributed by atoms with Crippen LogP contribution in [0.2, 0.25) is 5.02 Å². The lowest BCUT2D eigenvalue weighted by atomic mass is 10.1. The van der Waals surface area contributed by atoms with E-state index in [0.717, 1.165) is 5.69 Å². The molecule has 1 fully saturated rings. The Hall–Kier alpha value is -3.62. The van der Waals surface area contributed by atoms with Gasteiger partial charge >= 0.3 is 5.97 Å². The molecule has 0 aliphatic carbocycles. The number of nitrogens with one attached hydrogen (secondary N) is 1. The summed E-state index contributed by atoms with van der Waals surface area (Å²) in [6.07, 6.45) is 2.82. The zero-order valence-corrected chi connectivity index (χ0v) is 19.1. The number of furan rings is 1. The summed E-state index contributed by atoms with van der Waals surface area (Å²) >= 11 is 5.82. The minimum absolute atomic E-state index is 0.00340. The predicted molar refractivity (Wildman–Crippen MR) is 128 cm³/mol. The van der Waals surface area contributed by atoms with Gasteiger partial charge in [0.2, 0.25) is 5.91 Å². The third-order valence-corrected chi connectivity index (χ3v) is 5.54. The van der Waals surface area contributed by atoms with Crippen molar-refractivity contribution in [3.8, 4) is 11.3 Å². The van der Waals surface area contributed by atoms with Crippen LogP contribution in [0.5, 0.6) is 0 Å². The molecule has 0 unspecified atom stereocenters. The molecule has 0 atom stereocenters. The van der Waals surface area contributed by atoms with E-state index in [1.54, 1.807) is 36.4 Å². The zero-order chi connectivity index (χ0) is 24.1. The fraction of sp³-hybridized carbons (Fsp3) is 0.200. The number of esters is 1. The van der Waals surface area contributed by atoms with Crippen molar-refractivity contribution in [2.45, 2.75) is 0 Å². The average Bonchev–Trinajstić information content (AvgIpc) is 3.33. The number of carbonyl (C=O) groups is 2. The molecule has 0 bridgehead atoms. The normalized spacial score (nSPS) is 13.8. The van der Waals surface area contributed by atoms with Crippen LogP contribution in [0.1, 0.15) is 16.1 Å². The third-order valence-electron chi connectivity index (χ3n) is 5.25. The molecule has 2 aromatic carbocycles. The van der Waals surface area contributed by atoms with Crippen LogP contribution in [-0.4, -0.2) is 45.3 Å². The summed E-state index contributed by atoms with van der Waals surface area (Å²) in [4.78, 5) is 26.8. The van der Waals surface area contributed by atoms with Crippen molar-refractivity contribution in [3.63, 3.8) is 0 Å². The summed E-state index contributed by atoms with van der Waals surface area (Å²) in [5.74, 6) is -0.483. The quantitative estimate of drug-likeness (QED) is 0.391. The number of halogens is 2. The van der Waals surface area contributed by atoms with Crippen molar-refractivity contribution in [3.05, 3.63) is 76.8 Å². The highest BCUT2D eigenvalue weighted by molar-refractivity contribution is 6.31. The van der Waals surface area contributed by atoms with E-state index in [1.807, 2.05) is 4.90 Å². The number of ether oxygens (including phenoxy) is 2. The highest BCUT2D eigenvalue weighted by Crippen LogP contribution is 2.28. The number of hydrogen-bond acceptors (Lipinski definition) is 6. The van der Waals surface area contributed by atoms with Crippen LogP contribution < -0.4 is 10.2 Å². The van der Waals surface area contributed by atoms with Gasteiger partial charge in [-0.3, -0.25) is 4.79 Å². The first-order valence-corrected chi connectivity index (χ1v) is 10.9. The first-order chi connectivity index (χ1) is 16.4. The second-order valence-corrected chi connectivity index (χ2v) is 7.88.